The Hall–Kier alpha value is -1.32. The van der Waals surface area contributed by atoms with Crippen LogP contribution in [0.4, 0.5) is 0 Å². The van der Waals surface area contributed by atoms with E-state index in [-0.39, 0.29) is 0 Å². The molecule has 0 fully saturated rings. The molecule has 0 heterocycles. The zero-order chi connectivity index (χ0) is 13.2. The summed E-state index contributed by atoms with van der Waals surface area (Å²) in [6.07, 6.45) is 2.27. The molecule has 19 heavy (non-hydrogen) atoms. The van der Waals surface area contributed by atoms with Gasteiger partial charge in [-0.05, 0) is 42.2 Å². The van der Waals surface area contributed by atoms with E-state index in [0.29, 0.717) is 18.3 Å². The third-order valence-corrected chi connectivity index (χ3v) is 4.21. The Bertz CT molecular complexity index is 597. The Morgan fingerprint density at radius 3 is 2.95 bits per heavy atom. The van der Waals surface area contributed by atoms with Crippen LogP contribution in [0.25, 0.3) is 0 Å². The summed E-state index contributed by atoms with van der Waals surface area (Å²) in [5, 5.41) is 13.4. The smallest absolute Gasteiger partial charge is 0.120 e. The zero-order valence-electron chi connectivity index (χ0n) is 10.6. The van der Waals surface area contributed by atoms with Crippen LogP contribution in [0.5, 0.6) is 5.75 Å². The van der Waals surface area contributed by atoms with Gasteiger partial charge in [-0.25, -0.2) is 0 Å². The Kier molecular flexibility index (Phi) is 3.58. The highest BCUT2D eigenvalue weighted by Crippen LogP contribution is 2.31. The van der Waals surface area contributed by atoms with Crippen molar-refractivity contribution in [3.8, 4) is 5.75 Å². The average Bonchev–Trinajstić information content (AvgIpc) is 2.83. The van der Waals surface area contributed by atoms with Crippen LogP contribution < -0.4 is 5.32 Å². The molecule has 0 amide bonds. The average molecular weight is 318 g/mol. The van der Waals surface area contributed by atoms with Crippen LogP contribution >= 0.6 is 15.9 Å². The van der Waals surface area contributed by atoms with Crippen molar-refractivity contribution in [3.05, 3.63) is 63.6 Å². The Morgan fingerprint density at radius 2 is 2.05 bits per heavy atom. The summed E-state index contributed by atoms with van der Waals surface area (Å²) in [7, 11) is 0. The summed E-state index contributed by atoms with van der Waals surface area (Å²) in [6, 6.07) is 14.5. The highest BCUT2D eigenvalue weighted by Gasteiger charge is 2.21. The number of phenols is 1. The molecule has 0 saturated heterocycles. The lowest BCUT2D eigenvalue weighted by Gasteiger charge is -2.15. The predicted molar refractivity (Wildman–Crippen MR) is 80.2 cm³/mol. The Labute approximate surface area is 121 Å². The van der Waals surface area contributed by atoms with Gasteiger partial charge >= 0.3 is 0 Å². The predicted octanol–water partition coefficient (Wildman–Crippen LogP) is 3.93. The van der Waals surface area contributed by atoms with Gasteiger partial charge < -0.3 is 10.4 Å². The van der Waals surface area contributed by atoms with Gasteiger partial charge in [-0.15, -0.1) is 0 Å². The third-order valence-electron chi connectivity index (χ3n) is 3.71. The van der Waals surface area contributed by atoms with E-state index in [0.717, 1.165) is 22.9 Å². The minimum absolute atomic E-state index is 0.349. The molecule has 2 N–H and O–H groups in total. The van der Waals surface area contributed by atoms with E-state index in [1.807, 2.05) is 12.1 Å². The number of aromatic hydroxyl groups is 1. The summed E-state index contributed by atoms with van der Waals surface area (Å²) >= 11 is 3.44. The van der Waals surface area contributed by atoms with Gasteiger partial charge in [0.25, 0.3) is 0 Å². The van der Waals surface area contributed by atoms with Gasteiger partial charge in [0.15, 0.2) is 0 Å². The van der Waals surface area contributed by atoms with Gasteiger partial charge in [-0.2, -0.15) is 0 Å². The van der Waals surface area contributed by atoms with E-state index in [4.69, 9.17) is 0 Å². The monoisotopic (exact) mass is 317 g/mol. The van der Waals surface area contributed by atoms with E-state index >= 15 is 0 Å². The molecule has 3 rings (SSSR count). The quantitative estimate of drug-likeness (QED) is 0.899. The fourth-order valence-corrected chi connectivity index (χ4v) is 3.11. The summed E-state index contributed by atoms with van der Waals surface area (Å²) in [6.45, 7) is 0.685. The molecule has 0 saturated carbocycles. The fourth-order valence-electron chi connectivity index (χ4n) is 2.70. The maximum atomic E-state index is 9.84. The first kappa shape index (κ1) is 12.7. The molecule has 2 aromatic carbocycles. The molecule has 0 bridgehead atoms. The van der Waals surface area contributed by atoms with Crippen LogP contribution in [0.15, 0.2) is 46.9 Å². The molecule has 0 radical (unpaired) electrons. The van der Waals surface area contributed by atoms with E-state index in [1.54, 1.807) is 6.07 Å². The van der Waals surface area contributed by atoms with Gasteiger partial charge in [-0.3, -0.25) is 0 Å². The summed E-state index contributed by atoms with van der Waals surface area (Å²) < 4.78 is 0.994. The van der Waals surface area contributed by atoms with Crippen molar-refractivity contribution in [1.29, 1.82) is 0 Å². The second-order valence-corrected chi connectivity index (χ2v) is 5.86. The number of nitrogens with one attached hydrogen (secondary N) is 1. The molecule has 2 nitrogen and oxygen atoms in total. The van der Waals surface area contributed by atoms with Gasteiger partial charge in [-0.1, -0.05) is 40.2 Å². The topological polar surface area (TPSA) is 32.3 Å². The lowest BCUT2D eigenvalue weighted by Crippen LogP contribution is -2.18. The molecular formula is C16H16BrNO. The molecule has 0 aliphatic heterocycles. The van der Waals surface area contributed by atoms with E-state index in [1.165, 1.54) is 11.1 Å². The van der Waals surface area contributed by atoms with Gasteiger partial charge in [0.1, 0.15) is 5.75 Å². The molecule has 98 valence electrons. The van der Waals surface area contributed by atoms with Crippen LogP contribution in [0.3, 0.4) is 0 Å². The maximum absolute atomic E-state index is 9.84. The highest BCUT2D eigenvalue weighted by molar-refractivity contribution is 9.10. The zero-order valence-corrected chi connectivity index (χ0v) is 12.2. The first-order valence-electron chi connectivity index (χ1n) is 6.52. The maximum Gasteiger partial charge on any atom is 0.120 e. The van der Waals surface area contributed by atoms with Crippen LogP contribution in [-0.2, 0) is 13.0 Å². The molecule has 0 spiro atoms. The van der Waals surface area contributed by atoms with E-state index < -0.39 is 0 Å². The number of hydrogen-bond acceptors (Lipinski definition) is 2. The minimum atomic E-state index is 0.349. The number of phenolic OH excluding ortho intramolecular Hbond substituents is 1. The number of halogens is 1. The Balaban J connectivity index is 1.72. The van der Waals surface area contributed by atoms with Crippen LogP contribution in [0, 0.1) is 0 Å². The van der Waals surface area contributed by atoms with Crippen molar-refractivity contribution in [2.75, 3.05) is 0 Å². The van der Waals surface area contributed by atoms with Crippen molar-refractivity contribution in [2.24, 2.45) is 0 Å². The highest BCUT2D eigenvalue weighted by atomic mass is 79.9. The second-order valence-electron chi connectivity index (χ2n) is 4.94. The first-order chi connectivity index (χ1) is 9.24. The number of hydrogen-bond donors (Lipinski definition) is 2. The van der Waals surface area contributed by atoms with E-state index in [2.05, 4.69) is 45.5 Å². The normalized spacial score (nSPS) is 17.4. The van der Waals surface area contributed by atoms with Gasteiger partial charge in [0.05, 0.1) is 0 Å². The number of rotatable bonds is 3. The van der Waals surface area contributed by atoms with Crippen LogP contribution in [-0.4, -0.2) is 5.11 Å². The standard InChI is InChI=1S/C16H16BrNO/c17-13-6-8-16(19)12(9-13)10-18-15-7-5-11-3-1-2-4-14(11)15/h1-4,6,8-9,15,18-19H,5,7,10H2/t15-/m0/s1. The molecule has 0 aromatic heterocycles. The molecule has 1 aliphatic rings. The molecule has 0 unspecified atom stereocenters. The SMILES string of the molecule is Oc1ccc(Br)cc1CN[C@H]1CCc2ccccc21. The van der Waals surface area contributed by atoms with Crippen molar-refractivity contribution in [3.63, 3.8) is 0 Å². The molecular weight excluding hydrogens is 302 g/mol. The van der Waals surface area contributed by atoms with E-state index in [9.17, 15) is 5.11 Å². The van der Waals surface area contributed by atoms with Crippen molar-refractivity contribution >= 4 is 15.9 Å². The summed E-state index contributed by atoms with van der Waals surface area (Å²) in [4.78, 5) is 0. The summed E-state index contributed by atoms with van der Waals surface area (Å²) in [5.74, 6) is 0.349. The van der Waals surface area contributed by atoms with Gasteiger partial charge in [0.2, 0.25) is 0 Å². The number of fused-ring (bicyclic) bond motifs is 1. The third kappa shape index (κ3) is 2.67. The van der Waals surface area contributed by atoms with Crippen LogP contribution in [0.2, 0.25) is 0 Å². The first-order valence-corrected chi connectivity index (χ1v) is 7.32. The van der Waals surface area contributed by atoms with Crippen molar-refractivity contribution in [2.45, 2.75) is 25.4 Å². The minimum Gasteiger partial charge on any atom is -0.508 e. The lowest BCUT2D eigenvalue weighted by atomic mass is 10.1. The fraction of sp³-hybridized carbons (Fsp3) is 0.250. The Morgan fingerprint density at radius 1 is 1.21 bits per heavy atom. The summed E-state index contributed by atoms with van der Waals surface area (Å²) in [5.41, 5.74) is 3.77. The largest absolute Gasteiger partial charge is 0.508 e. The van der Waals surface area contributed by atoms with Gasteiger partial charge in [0, 0.05) is 22.6 Å². The number of aryl methyl sites for hydroxylation is 1. The van der Waals surface area contributed by atoms with Crippen molar-refractivity contribution < 1.29 is 5.11 Å². The second kappa shape index (κ2) is 5.35. The molecule has 2 aromatic rings. The molecule has 3 heteroatoms. The lowest BCUT2D eigenvalue weighted by molar-refractivity contribution is 0.456. The molecule has 1 atom stereocenters. The van der Waals surface area contributed by atoms with Crippen molar-refractivity contribution in [1.82, 2.24) is 5.32 Å². The number of benzene rings is 2. The molecule has 1 aliphatic carbocycles. The van der Waals surface area contributed by atoms with Crippen LogP contribution in [0.1, 0.15) is 29.2 Å².